The van der Waals surface area contributed by atoms with Crippen molar-refractivity contribution in [1.29, 1.82) is 5.41 Å². The Morgan fingerprint density at radius 3 is 2.56 bits per heavy atom. The standard InChI is InChI=1S/C25H31N5O2/c1-29-12-10-25(11-13-29)17-30(21-8-6-18(7-9-21)19(15-26)16-27)24(31)23(25)28-20-4-3-5-22(14-20)32-2/h3-9,14-16,23,26,28H,10-13,17,27H2,1-2H3/b19-16+,26-15?. The molecular formula is C25H31N5O2. The number of carbonyl (C=O) groups is 1. The Hall–Kier alpha value is -3.32. The Labute approximate surface area is 189 Å². The van der Waals surface area contributed by atoms with Crippen LogP contribution in [0, 0.1) is 10.8 Å². The minimum Gasteiger partial charge on any atom is -0.497 e. The van der Waals surface area contributed by atoms with E-state index in [1.54, 1.807) is 7.11 Å². The number of anilines is 2. The molecule has 32 heavy (non-hydrogen) atoms. The summed E-state index contributed by atoms with van der Waals surface area (Å²) in [4.78, 5) is 17.9. The topological polar surface area (TPSA) is 94.7 Å². The molecule has 0 radical (unpaired) electrons. The number of nitrogens with zero attached hydrogens (tertiary/aromatic N) is 2. The van der Waals surface area contributed by atoms with Crippen LogP contribution in [-0.2, 0) is 4.79 Å². The van der Waals surface area contributed by atoms with E-state index in [0.29, 0.717) is 12.1 Å². The minimum atomic E-state index is -0.302. The lowest BCUT2D eigenvalue weighted by atomic mass is 9.74. The molecule has 0 bridgehead atoms. The third-order valence-electron chi connectivity index (χ3n) is 6.81. The van der Waals surface area contributed by atoms with Gasteiger partial charge in [-0.1, -0.05) is 18.2 Å². The summed E-state index contributed by atoms with van der Waals surface area (Å²) < 4.78 is 5.37. The van der Waals surface area contributed by atoms with E-state index in [2.05, 4.69) is 17.3 Å². The van der Waals surface area contributed by atoms with Gasteiger partial charge in [0.05, 0.1) is 7.11 Å². The predicted octanol–water partition coefficient (Wildman–Crippen LogP) is 3.18. The van der Waals surface area contributed by atoms with Gasteiger partial charge in [-0.05, 0) is 62.8 Å². The highest BCUT2D eigenvalue weighted by atomic mass is 16.5. The van der Waals surface area contributed by atoms with Crippen LogP contribution in [0.3, 0.4) is 0 Å². The maximum atomic E-state index is 13.7. The monoisotopic (exact) mass is 433 g/mol. The summed E-state index contributed by atoms with van der Waals surface area (Å²) in [6.07, 6.45) is 4.57. The number of nitrogens with two attached hydrogens (primary N) is 1. The van der Waals surface area contributed by atoms with Crippen molar-refractivity contribution in [2.45, 2.75) is 18.9 Å². The number of ether oxygens (including phenoxy) is 1. The van der Waals surface area contributed by atoms with Gasteiger partial charge in [-0.25, -0.2) is 0 Å². The molecule has 0 aliphatic carbocycles. The predicted molar refractivity (Wildman–Crippen MR) is 129 cm³/mol. The van der Waals surface area contributed by atoms with Crippen molar-refractivity contribution in [3.8, 4) is 5.75 Å². The second-order valence-electron chi connectivity index (χ2n) is 8.71. The van der Waals surface area contributed by atoms with Gasteiger partial charge in [-0.2, -0.15) is 0 Å². The normalized spacial score (nSPS) is 21.1. The van der Waals surface area contributed by atoms with Crippen molar-refractivity contribution >= 4 is 29.1 Å². The van der Waals surface area contributed by atoms with Crippen LogP contribution in [0.15, 0.2) is 54.7 Å². The van der Waals surface area contributed by atoms with E-state index >= 15 is 0 Å². The molecule has 7 heteroatoms. The molecule has 2 aromatic carbocycles. The Kier molecular flexibility index (Phi) is 6.19. The molecule has 0 aromatic heterocycles. The number of piperidine rings is 1. The first kappa shape index (κ1) is 21.9. The zero-order valence-corrected chi connectivity index (χ0v) is 18.7. The molecule has 2 fully saturated rings. The number of likely N-dealkylation sites (tertiary alicyclic amines) is 1. The molecule has 1 spiro atoms. The molecule has 1 amide bonds. The van der Waals surface area contributed by atoms with Crippen molar-refractivity contribution in [2.75, 3.05) is 44.0 Å². The largest absolute Gasteiger partial charge is 0.497 e. The zero-order valence-electron chi connectivity index (χ0n) is 18.7. The molecule has 2 saturated heterocycles. The molecule has 168 valence electrons. The number of carbonyl (C=O) groups excluding carboxylic acids is 1. The van der Waals surface area contributed by atoms with Crippen molar-refractivity contribution in [2.24, 2.45) is 11.1 Å². The van der Waals surface area contributed by atoms with Crippen LogP contribution >= 0.6 is 0 Å². The van der Waals surface area contributed by atoms with E-state index in [1.807, 2.05) is 53.4 Å². The molecular weight excluding hydrogens is 402 g/mol. The lowest BCUT2D eigenvalue weighted by Crippen LogP contribution is -2.48. The van der Waals surface area contributed by atoms with Crippen LogP contribution in [-0.4, -0.2) is 56.9 Å². The number of amides is 1. The highest BCUT2D eigenvalue weighted by Crippen LogP contribution is 2.44. The van der Waals surface area contributed by atoms with Gasteiger partial charge in [-0.3, -0.25) is 4.79 Å². The van der Waals surface area contributed by atoms with E-state index in [1.165, 1.54) is 12.4 Å². The number of hydrogen-bond donors (Lipinski definition) is 3. The number of methoxy groups -OCH3 is 1. The highest BCUT2D eigenvalue weighted by Gasteiger charge is 2.53. The van der Waals surface area contributed by atoms with E-state index in [0.717, 1.165) is 48.6 Å². The van der Waals surface area contributed by atoms with Gasteiger partial charge in [-0.15, -0.1) is 0 Å². The van der Waals surface area contributed by atoms with Gasteiger partial charge in [0, 0.05) is 47.4 Å². The number of hydrogen-bond acceptors (Lipinski definition) is 6. The van der Waals surface area contributed by atoms with Crippen LogP contribution in [0.25, 0.3) is 5.57 Å². The Morgan fingerprint density at radius 2 is 1.94 bits per heavy atom. The van der Waals surface area contributed by atoms with Crippen molar-refractivity contribution in [3.05, 3.63) is 60.3 Å². The average molecular weight is 434 g/mol. The Bertz CT molecular complexity index is 1010. The fraction of sp³-hybridized carbons (Fsp3) is 0.360. The Balaban J connectivity index is 1.64. The molecule has 7 nitrogen and oxygen atoms in total. The van der Waals surface area contributed by atoms with E-state index in [9.17, 15) is 4.79 Å². The van der Waals surface area contributed by atoms with Gasteiger partial charge < -0.3 is 31.0 Å². The number of benzene rings is 2. The first-order valence-electron chi connectivity index (χ1n) is 10.9. The molecule has 1 atom stereocenters. The summed E-state index contributed by atoms with van der Waals surface area (Å²) in [5.41, 5.74) is 8.74. The van der Waals surface area contributed by atoms with E-state index < -0.39 is 0 Å². The first-order chi connectivity index (χ1) is 15.5. The maximum Gasteiger partial charge on any atom is 0.250 e. The lowest BCUT2D eigenvalue weighted by molar-refractivity contribution is -0.118. The third-order valence-corrected chi connectivity index (χ3v) is 6.81. The van der Waals surface area contributed by atoms with Crippen LogP contribution in [0.4, 0.5) is 11.4 Å². The summed E-state index contributed by atoms with van der Waals surface area (Å²) in [5, 5.41) is 11.0. The number of allylic oxidation sites excluding steroid dienone is 1. The van der Waals surface area contributed by atoms with Gasteiger partial charge in [0.1, 0.15) is 11.8 Å². The molecule has 0 saturated carbocycles. The summed E-state index contributed by atoms with van der Waals surface area (Å²) >= 11 is 0. The van der Waals surface area contributed by atoms with Gasteiger partial charge in [0.2, 0.25) is 5.91 Å². The number of nitrogens with one attached hydrogen (secondary N) is 2. The molecule has 4 rings (SSSR count). The van der Waals surface area contributed by atoms with E-state index in [-0.39, 0.29) is 17.4 Å². The highest BCUT2D eigenvalue weighted by molar-refractivity contribution is 6.08. The smallest absolute Gasteiger partial charge is 0.250 e. The van der Waals surface area contributed by atoms with Crippen molar-refractivity contribution < 1.29 is 9.53 Å². The minimum absolute atomic E-state index is 0.0896. The third kappa shape index (κ3) is 4.08. The fourth-order valence-corrected chi connectivity index (χ4v) is 4.79. The first-order valence-corrected chi connectivity index (χ1v) is 10.9. The van der Waals surface area contributed by atoms with E-state index in [4.69, 9.17) is 15.9 Å². The van der Waals surface area contributed by atoms with Crippen molar-refractivity contribution in [1.82, 2.24) is 4.90 Å². The molecule has 1 unspecified atom stereocenters. The summed E-state index contributed by atoms with van der Waals surface area (Å²) in [5.74, 6) is 0.854. The van der Waals surface area contributed by atoms with Crippen molar-refractivity contribution in [3.63, 3.8) is 0 Å². The van der Waals surface area contributed by atoms with Crippen LogP contribution in [0.1, 0.15) is 18.4 Å². The van der Waals surface area contributed by atoms with Crippen LogP contribution < -0.4 is 20.7 Å². The second-order valence-corrected chi connectivity index (χ2v) is 8.71. The lowest BCUT2D eigenvalue weighted by Gasteiger charge is -2.40. The quantitative estimate of drug-likeness (QED) is 0.608. The molecule has 2 heterocycles. The molecule has 4 N–H and O–H groups in total. The number of rotatable bonds is 6. The van der Waals surface area contributed by atoms with Gasteiger partial charge in [0.25, 0.3) is 0 Å². The molecule has 2 aromatic rings. The molecule has 2 aliphatic heterocycles. The Morgan fingerprint density at radius 1 is 1.22 bits per heavy atom. The average Bonchev–Trinajstić information content (AvgIpc) is 3.09. The summed E-state index contributed by atoms with van der Waals surface area (Å²) in [6.45, 7) is 2.63. The fourth-order valence-electron chi connectivity index (χ4n) is 4.79. The maximum absolute atomic E-state index is 13.7. The van der Waals surface area contributed by atoms with Gasteiger partial charge >= 0.3 is 0 Å². The SMILES string of the molecule is COc1cccc(NC2C(=O)N(c3ccc(/C(C=N)=C/N)cc3)CC23CCN(C)CC3)c1. The zero-order chi connectivity index (χ0) is 22.7. The summed E-state index contributed by atoms with van der Waals surface area (Å²) in [6, 6.07) is 15.2. The van der Waals surface area contributed by atoms with Gasteiger partial charge in [0.15, 0.2) is 0 Å². The van der Waals surface area contributed by atoms with Crippen LogP contribution in [0.2, 0.25) is 0 Å². The molecule has 2 aliphatic rings. The second kappa shape index (κ2) is 9.04. The summed E-state index contributed by atoms with van der Waals surface area (Å²) in [7, 11) is 3.78. The van der Waals surface area contributed by atoms with Crippen LogP contribution in [0.5, 0.6) is 5.75 Å².